The number of nitrogens with one attached hydrogen (secondary N) is 2. The van der Waals surface area contributed by atoms with Gasteiger partial charge in [0.15, 0.2) is 8.29 Å². The Morgan fingerprint density at radius 2 is 2.04 bits per heavy atom. The second kappa shape index (κ2) is 8.95. The summed E-state index contributed by atoms with van der Waals surface area (Å²) in [5.41, 5.74) is 0.878. The predicted molar refractivity (Wildman–Crippen MR) is 99.4 cm³/mol. The first-order valence-electron chi connectivity index (χ1n) is 7.31. The standard InChI is InChI=1S/C15H18N4O2S3/c1-10(2)8-16-13(21)17-12(20)9-23-14-18-19(15(22)24-14)11-6-4-3-5-7-11/h3-7,10H,8-9H2,1-2H3,(H2,16,17,20,21). The summed E-state index contributed by atoms with van der Waals surface area (Å²) >= 11 is 7.89. The first-order chi connectivity index (χ1) is 11.5. The maximum absolute atomic E-state index is 11.8. The quantitative estimate of drug-likeness (QED) is 0.592. The number of aromatic nitrogens is 2. The van der Waals surface area contributed by atoms with Gasteiger partial charge in [0.1, 0.15) is 0 Å². The average Bonchev–Trinajstić information content (AvgIpc) is 2.93. The highest BCUT2D eigenvalue weighted by molar-refractivity contribution is 8.01. The molecule has 2 aromatic rings. The third-order valence-electron chi connectivity index (χ3n) is 2.78. The van der Waals surface area contributed by atoms with Crippen LogP contribution in [0.3, 0.4) is 0 Å². The molecule has 24 heavy (non-hydrogen) atoms. The van der Waals surface area contributed by atoms with Crippen LogP contribution >= 0.6 is 35.3 Å². The summed E-state index contributed by atoms with van der Waals surface area (Å²) < 4.78 is 2.95. The van der Waals surface area contributed by atoms with Crippen LogP contribution in [0.15, 0.2) is 34.7 Å². The number of amides is 3. The summed E-state index contributed by atoms with van der Waals surface area (Å²) in [5, 5.41) is 9.33. The van der Waals surface area contributed by atoms with Gasteiger partial charge in [0, 0.05) is 6.54 Å². The Morgan fingerprint density at radius 1 is 1.33 bits per heavy atom. The zero-order chi connectivity index (χ0) is 17.5. The van der Waals surface area contributed by atoms with Crippen LogP contribution in [0.5, 0.6) is 0 Å². The van der Waals surface area contributed by atoms with Crippen LogP contribution in [0.25, 0.3) is 5.69 Å². The van der Waals surface area contributed by atoms with Gasteiger partial charge in [-0.3, -0.25) is 10.1 Å². The highest BCUT2D eigenvalue weighted by Gasteiger charge is 2.11. The summed E-state index contributed by atoms with van der Waals surface area (Å²) in [6, 6.07) is 9.09. The van der Waals surface area contributed by atoms with Crippen molar-refractivity contribution in [2.45, 2.75) is 18.2 Å². The van der Waals surface area contributed by atoms with Gasteiger partial charge in [-0.1, -0.05) is 55.1 Å². The maximum atomic E-state index is 11.8. The van der Waals surface area contributed by atoms with Crippen LogP contribution in [0.4, 0.5) is 4.79 Å². The molecule has 6 nitrogen and oxygen atoms in total. The average molecular weight is 383 g/mol. The Hall–Kier alpha value is -1.71. The zero-order valence-electron chi connectivity index (χ0n) is 13.3. The van der Waals surface area contributed by atoms with E-state index in [2.05, 4.69) is 15.7 Å². The van der Waals surface area contributed by atoms with Crippen LogP contribution in [0.2, 0.25) is 0 Å². The molecule has 0 atom stereocenters. The van der Waals surface area contributed by atoms with E-state index in [0.29, 0.717) is 20.8 Å². The maximum Gasteiger partial charge on any atom is 0.321 e. The van der Waals surface area contributed by atoms with Gasteiger partial charge in [0.25, 0.3) is 0 Å². The molecule has 0 fully saturated rings. The van der Waals surface area contributed by atoms with Crippen molar-refractivity contribution in [1.82, 2.24) is 20.4 Å². The summed E-state index contributed by atoms with van der Waals surface area (Å²) in [7, 11) is 0. The molecule has 0 spiro atoms. The number of carbonyl (C=O) groups is 2. The van der Waals surface area contributed by atoms with Crippen molar-refractivity contribution in [2.24, 2.45) is 5.92 Å². The van der Waals surface area contributed by atoms with E-state index in [1.54, 1.807) is 4.68 Å². The van der Waals surface area contributed by atoms with Gasteiger partial charge in [-0.15, -0.1) is 5.10 Å². The van der Waals surface area contributed by atoms with E-state index in [9.17, 15) is 9.59 Å². The number of benzene rings is 1. The van der Waals surface area contributed by atoms with E-state index in [1.165, 1.54) is 23.1 Å². The van der Waals surface area contributed by atoms with Crippen molar-refractivity contribution in [3.63, 3.8) is 0 Å². The fourth-order valence-electron chi connectivity index (χ4n) is 1.68. The molecule has 9 heteroatoms. The first-order valence-corrected chi connectivity index (χ1v) is 9.53. The third kappa shape index (κ3) is 5.73. The van der Waals surface area contributed by atoms with E-state index in [1.807, 2.05) is 44.2 Å². The number of thioether (sulfide) groups is 1. The Kier molecular flexibility index (Phi) is 6.95. The lowest BCUT2D eigenvalue weighted by atomic mass is 10.2. The second-order valence-electron chi connectivity index (χ2n) is 5.32. The number of para-hydroxylation sites is 1. The van der Waals surface area contributed by atoms with Crippen molar-refractivity contribution in [3.05, 3.63) is 34.3 Å². The topological polar surface area (TPSA) is 76.0 Å². The number of carbonyl (C=O) groups excluding carboxylic acids is 2. The molecule has 2 N–H and O–H groups in total. The van der Waals surface area contributed by atoms with Gasteiger partial charge in [0.2, 0.25) is 5.91 Å². The molecule has 0 radical (unpaired) electrons. The molecule has 2 rings (SSSR count). The van der Waals surface area contributed by atoms with E-state index in [-0.39, 0.29) is 11.7 Å². The van der Waals surface area contributed by atoms with E-state index >= 15 is 0 Å². The van der Waals surface area contributed by atoms with Gasteiger partial charge in [0.05, 0.1) is 11.4 Å². The van der Waals surface area contributed by atoms with E-state index in [4.69, 9.17) is 12.2 Å². The molecular formula is C15H18N4O2S3. The Labute approximate surface area is 153 Å². The van der Waals surface area contributed by atoms with Gasteiger partial charge in [-0.05, 0) is 30.3 Å². The molecule has 0 bridgehead atoms. The molecule has 0 aliphatic heterocycles. The van der Waals surface area contributed by atoms with Gasteiger partial charge >= 0.3 is 6.03 Å². The second-order valence-corrected chi connectivity index (χ2v) is 8.17. The number of hydrogen-bond donors (Lipinski definition) is 2. The number of imide groups is 1. The molecule has 0 saturated heterocycles. The smallest absolute Gasteiger partial charge is 0.321 e. The molecule has 0 saturated carbocycles. The Balaban J connectivity index is 1.88. The number of rotatable bonds is 6. The minimum Gasteiger partial charge on any atom is -0.338 e. The van der Waals surface area contributed by atoms with Crippen molar-refractivity contribution in [2.75, 3.05) is 12.3 Å². The SMILES string of the molecule is CC(C)CNC(=O)NC(=O)CSc1nn(-c2ccccc2)c(=S)s1. The summed E-state index contributed by atoms with van der Waals surface area (Å²) in [5.74, 6) is 0.0645. The minimum atomic E-state index is -0.475. The van der Waals surface area contributed by atoms with Gasteiger partial charge < -0.3 is 5.32 Å². The highest BCUT2D eigenvalue weighted by atomic mass is 32.2. The van der Waals surface area contributed by atoms with E-state index in [0.717, 1.165) is 5.69 Å². The monoisotopic (exact) mass is 382 g/mol. The van der Waals surface area contributed by atoms with Crippen LogP contribution in [0.1, 0.15) is 13.8 Å². The number of nitrogens with zero attached hydrogens (tertiary/aromatic N) is 2. The fourth-order valence-corrected chi connectivity index (χ4v) is 3.84. The van der Waals surface area contributed by atoms with Crippen LogP contribution < -0.4 is 10.6 Å². The van der Waals surface area contributed by atoms with Crippen LogP contribution in [-0.4, -0.2) is 34.0 Å². The highest BCUT2D eigenvalue weighted by Crippen LogP contribution is 2.23. The fraction of sp³-hybridized carbons (Fsp3) is 0.333. The van der Waals surface area contributed by atoms with Crippen LogP contribution in [-0.2, 0) is 4.79 Å². The zero-order valence-corrected chi connectivity index (χ0v) is 15.8. The normalized spacial score (nSPS) is 10.6. The van der Waals surface area contributed by atoms with E-state index < -0.39 is 6.03 Å². The molecule has 0 aliphatic carbocycles. The largest absolute Gasteiger partial charge is 0.338 e. The third-order valence-corrected chi connectivity index (χ3v) is 5.15. The Morgan fingerprint density at radius 3 is 2.71 bits per heavy atom. The minimum absolute atomic E-state index is 0.103. The summed E-state index contributed by atoms with van der Waals surface area (Å²) in [4.78, 5) is 23.3. The molecule has 1 aromatic carbocycles. The summed E-state index contributed by atoms with van der Waals surface area (Å²) in [6.45, 7) is 4.48. The van der Waals surface area contributed by atoms with Crippen molar-refractivity contribution in [3.8, 4) is 5.69 Å². The van der Waals surface area contributed by atoms with Gasteiger partial charge in [-0.2, -0.15) is 0 Å². The van der Waals surface area contributed by atoms with Gasteiger partial charge in [-0.25, -0.2) is 9.48 Å². The molecule has 0 unspecified atom stereocenters. The molecule has 0 aliphatic rings. The lowest BCUT2D eigenvalue weighted by molar-refractivity contribution is -0.117. The number of hydrogen-bond acceptors (Lipinski definition) is 6. The molecule has 3 amide bonds. The lowest BCUT2D eigenvalue weighted by Crippen LogP contribution is -2.41. The van der Waals surface area contributed by atoms with Crippen molar-refractivity contribution >= 4 is 47.3 Å². The van der Waals surface area contributed by atoms with Crippen molar-refractivity contribution in [1.29, 1.82) is 0 Å². The molecule has 1 heterocycles. The number of urea groups is 1. The van der Waals surface area contributed by atoms with Crippen LogP contribution in [0, 0.1) is 9.87 Å². The molecule has 1 aromatic heterocycles. The first kappa shape index (κ1) is 18.6. The lowest BCUT2D eigenvalue weighted by Gasteiger charge is -2.07. The van der Waals surface area contributed by atoms with Crippen molar-refractivity contribution < 1.29 is 9.59 Å². The Bertz CT molecular complexity index is 756. The molecule has 128 valence electrons. The molecular weight excluding hydrogens is 364 g/mol. The summed E-state index contributed by atoms with van der Waals surface area (Å²) in [6.07, 6.45) is 0. The predicted octanol–water partition coefficient (Wildman–Crippen LogP) is 3.24.